The number of hydrogen-bond acceptors (Lipinski definition) is 5. The van der Waals surface area contributed by atoms with Crippen LogP contribution in [0.25, 0.3) is 0 Å². The van der Waals surface area contributed by atoms with Crippen molar-refractivity contribution in [2.75, 3.05) is 39.8 Å². The van der Waals surface area contributed by atoms with Gasteiger partial charge in [0, 0.05) is 57.1 Å². The smallest absolute Gasteiger partial charge is 0.252 e. The molecule has 0 bridgehead atoms. The molecule has 11 heteroatoms. The van der Waals surface area contributed by atoms with E-state index in [-0.39, 0.29) is 35.9 Å². The van der Waals surface area contributed by atoms with E-state index in [1.807, 2.05) is 31.7 Å². The Morgan fingerprint density at radius 3 is 2.60 bits per heavy atom. The quantitative estimate of drug-likeness (QED) is 0.269. The van der Waals surface area contributed by atoms with Crippen molar-refractivity contribution in [1.29, 1.82) is 0 Å². The van der Waals surface area contributed by atoms with Gasteiger partial charge in [0.1, 0.15) is 4.21 Å². The van der Waals surface area contributed by atoms with Crippen LogP contribution in [0.15, 0.2) is 21.3 Å². The van der Waals surface area contributed by atoms with Crippen LogP contribution in [0.5, 0.6) is 0 Å². The first-order chi connectivity index (χ1) is 13.8. The monoisotopic (exact) mass is 571 g/mol. The molecule has 0 aliphatic carbocycles. The summed E-state index contributed by atoms with van der Waals surface area (Å²) in [4.78, 5) is 19.0. The highest BCUT2D eigenvalue weighted by molar-refractivity contribution is 14.0. The molecular formula is C19H34IN5O3S2. The summed E-state index contributed by atoms with van der Waals surface area (Å²) < 4.78 is 27.0. The molecule has 1 aromatic rings. The van der Waals surface area contributed by atoms with Crippen molar-refractivity contribution in [1.82, 2.24) is 19.8 Å². The molecule has 2 rings (SSSR count). The zero-order valence-electron chi connectivity index (χ0n) is 18.2. The Balaban J connectivity index is 0.00000450. The number of rotatable bonds is 9. The maximum absolute atomic E-state index is 12.6. The molecule has 1 aliphatic rings. The second-order valence-corrected chi connectivity index (χ2v) is 10.2. The number of carbonyl (C=O) groups excluding carboxylic acids is 1. The van der Waals surface area contributed by atoms with E-state index in [4.69, 9.17) is 0 Å². The van der Waals surface area contributed by atoms with Crippen LogP contribution in [-0.2, 0) is 21.2 Å². The minimum absolute atomic E-state index is 0. The minimum Gasteiger partial charge on any atom is -0.356 e. The highest BCUT2D eigenvalue weighted by Gasteiger charge is 2.26. The molecule has 2 N–H and O–H groups in total. The van der Waals surface area contributed by atoms with Gasteiger partial charge in [-0.15, -0.1) is 35.3 Å². The molecule has 0 radical (unpaired) electrons. The standard InChI is InChI=1S/C19H33N5O3S2.HI/c1-5-17(25)23-13-11-15(14-23)22-19(20-4)21-12-10-16-8-9-18(28-16)29(26,27)24(6-2)7-3;/h8-9,15H,5-7,10-14H2,1-4H3,(H2,20,21,22);1H. The Kier molecular flexibility index (Phi) is 11.6. The van der Waals surface area contributed by atoms with Crippen molar-refractivity contribution < 1.29 is 13.2 Å². The van der Waals surface area contributed by atoms with Crippen molar-refractivity contribution in [2.24, 2.45) is 4.99 Å². The van der Waals surface area contributed by atoms with Gasteiger partial charge in [0.25, 0.3) is 10.0 Å². The minimum atomic E-state index is -3.39. The topological polar surface area (TPSA) is 94.1 Å². The van der Waals surface area contributed by atoms with Gasteiger partial charge in [-0.05, 0) is 25.0 Å². The molecule has 8 nitrogen and oxygen atoms in total. The Hall–Kier alpha value is -0.920. The molecular weight excluding hydrogens is 537 g/mol. The van der Waals surface area contributed by atoms with Gasteiger partial charge in [-0.3, -0.25) is 9.79 Å². The van der Waals surface area contributed by atoms with Crippen LogP contribution in [0.2, 0.25) is 0 Å². The van der Waals surface area contributed by atoms with Gasteiger partial charge < -0.3 is 15.5 Å². The molecule has 0 aromatic carbocycles. The van der Waals surface area contributed by atoms with Gasteiger partial charge in [0.2, 0.25) is 5.91 Å². The molecule has 1 aliphatic heterocycles. The Bertz CT molecular complexity index is 809. The molecule has 1 unspecified atom stereocenters. The summed E-state index contributed by atoms with van der Waals surface area (Å²) >= 11 is 1.32. The summed E-state index contributed by atoms with van der Waals surface area (Å²) in [6, 6.07) is 3.77. The number of amides is 1. The van der Waals surface area contributed by atoms with Crippen LogP contribution in [-0.4, -0.2) is 75.3 Å². The normalized spacial score (nSPS) is 17.2. The zero-order valence-corrected chi connectivity index (χ0v) is 22.1. The average molecular weight is 572 g/mol. The number of carbonyl (C=O) groups is 1. The number of nitrogens with one attached hydrogen (secondary N) is 2. The van der Waals surface area contributed by atoms with Crippen LogP contribution in [0, 0.1) is 0 Å². The molecule has 1 saturated heterocycles. The van der Waals surface area contributed by atoms with E-state index < -0.39 is 10.0 Å². The van der Waals surface area contributed by atoms with E-state index in [0.29, 0.717) is 49.2 Å². The van der Waals surface area contributed by atoms with E-state index >= 15 is 0 Å². The van der Waals surface area contributed by atoms with Gasteiger partial charge in [-0.2, -0.15) is 4.31 Å². The first kappa shape index (κ1) is 27.1. The highest BCUT2D eigenvalue weighted by atomic mass is 127. The molecule has 1 fully saturated rings. The molecule has 30 heavy (non-hydrogen) atoms. The summed E-state index contributed by atoms with van der Waals surface area (Å²) in [6.07, 6.45) is 2.15. The fraction of sp³-hybridized carbons (Fsp3) is 0.684. The zero-order chi connectivity index (χ0) is 21.4. The summed E-state index contributed by atoms with van der Waals surface area (Å²) in [7, 11) is -1.67. The SMILES string of the molecule is CCC(=O)N1CCC(NC(=NC)NCCc2ccc(S(=O)(=O)N(CC)CC)s2)C1.I. The molecule has 172 valence electrons. The lowest BCUT2D eigenvalue weighted by Crippen LogP contribution is -2.45. The molecule has 1 amide bonds. The third-order valence-electron chi connectivity index (χ3n) is 5.01. The fourth-order valence-electron chi connectivity index (χ4n) is 3.34. The third kappa shape index (κ3) is 7.06. The van der Waals surface area contributed by atoms with Crippen LogP contribution in [0.3, 0.4) is 0 Å². The average Bonchev–Trinajstić information content (AvgIpc) is 3.37. The maximum Gasteiger partial charge on any atom is 0.252 e. The van der Waals surface area contributed by atoms with E-state index in [0.717, 1.165) is 17.8 Å². The maximum atomic E-state index is 12.6. The summed E-state index contributed by atoms with van der Waals surface area (Å²) in [6.45, 7) is 8.64. The number of nitrogens with zero attached hydrogens (tertiary/aromatic N) is 3. The van der Waals surface area contributed by atoms with Crippen molar-refractivity contribution in [3.05, 3.63) is 17.0 Å². The summed E-state index contributed by atoms with van der Waals surface area (Å²) in [5.41, 5.74) is 0. The van der Waals surface area contributed by atoms with Gasteiger partial charge in [-0.25, -0.2) is 8.42 Å². The molecule has 1 aromatic heterocycles. The summed E-state index contributed by atoms with van der Waals surface area (Å²) in [5, 5.41) is 6.64. The van der Waals surface area contributed by atoms with E-state index in [9.17, 15) is 13.2 Å². The lowest BCUT2D eigenvalue weighted by Gasteiger charge is -2.18. The van der Waals surface area contributed by atoms with Crippen LogP contribution in [0.4, 0.5) is 0 Å². The van der Waals surface area contributed by atoms with Gasteiger partial charge in [0.15, 0.2) is 5.96 Å². The number of thiophene rings is 1. The Labute approximate surface area is 201 Å². The molecule has 2 heterocycles. The molecule has 1 atom stereocenters. The first-order valence-corrected chi connectivity index (χ1v) is 12.4. The Morgan fingerprint density at radius 1 is 1.30 bits per heavy atom. The molecule has 0 saturated carbocycles. The molecule has 0 spiro atoms. The van der Waals surface area contributed by atoms with Gasteiger partial charge in [0.05, 0.1) is 0 Å². The predicted molar refractivity (Wildman–Crippen MR) is 133 cm³/mol. The number of halogens is 1. The number of sulfonamides is 1. The Morgan fingerprint density at radius 2 is 2.00 bits per heavy atom. The summed E-state index contributed by atoms with van der Waals surface area (Å²) in [5.74, 6) is 0.888. The largest absolute Gasteiger partial charge is 0.356 e. The van der Waals surface area contributed by atoms with Gasteiger partial charge in [-0.1, -0.05) is 20.8 Å². The third-order valence-corrected chi connectivity index (χ3v) is 8.67. The second kappa shape index (κ2) is 12.8. The number of hydrogen-bond donors (Lipinski definition) is 2. The second-order valence-electron chi connectivity index (χ2n) is 6.88. The number of aliphatic imine (C=N–C) groups is 1. The van der Waals surface area contributed by atoms with Crippen LogP contribution < -0.4 is 10.6 Å². The van der Waals surface area contributed by atoms with Gasteiger partial charge >= 0.3 is 0 Å². The predicted octanol–water partition coefficient (Wildman–Crippen LogP) is 2.11. The highest BCUT2D eigenvalue weighted by Crippen LogP contribution is 2.25. The van der Waals surface area contributed by atoms with Crippen molar-refractivity contribution in [2.45, 2.75) is 50.3 Å². The van der Waals surface area contributed by atoms with Crippen molar-refractivity contribution >= 4 is 57.2 Å². The van der Waals surface area contributed by atoms with Crippen LogP contribution in [0.1, 0.15) is 38.5 Å². The lowest BCUT2D eigenvalue weighted by molar-refractivity contribution is -0.129. The number of likely N-dealkylation sites (tertiary alicyclic amines) is 1. The lowest BCUT2D eigenvalue weighted by atomic mass is 10.3. The van der Waals surface area contributed by atoms with E-state index in [2.05, 4.69) is 15.6 Å². The van der Waals surface area contributed by atoms with E-state index in [1.54, 1.807) is 13.1 Å². The van der Waals surface area contributed by atoms with E-state index in [1.165, 1.54) is 15.6 Å². The number of guanidine groups is 1. The van der Waals surface area contributed by atoms with Crippen LogP contribution >= 0.6 is 35.3 Å². The fourth-order valence-corrected chi connectivity index (χ4v) is 6.31. The first-order valence-electron chi connectivity index (χ1n) is 10.2. The van der Waals surface area contributed by atoms with Crippen molar-refractivity contribution in [3.63, 3.8) is 0 Å². The van der Waals surface area contributed by atoms with Crippen molar-refractivity contribution in [3.8, 4) is 0 Å².